The number of nitrogens with one attached hydrogen (secondary N) is 1. The summed E-state index contributed by atoms with van der Waals surface area (Å²) in [7, 11) is 0. The lowest BCUT2D eigenvalue weighted by Crippen LogP contribution is -2.28. The number of carbonyl (C=O) groups is 1. The van der Waals surface area contributed by atoms with Crippen LogP contribution in [0.25, 0.3) is 5.69 Å². The SMILES string of the molecule is Cc1cc(F)ccc1-n1ncc(NC(=O)OC(C)(C)C)c1C(F)(F)F. The highest BCUT2D eigenvalue weighted by Crippen LogP contribution is 2.37. The van der Waals surface area contributed by atoms with Crippen molar-refractivity contribution in [3.05, 3.63) is 41.5 Å². The molecule has 0 saturated carbocycles. The molecule has 0 aliphatic carbocycles. The zero-order valence-corrected chi connectivity index (χ0v) is 14.0. The summed E-state index contributed by atoms with van der Waals surface area (Å²) in [5.41, 5.74) is -2.30. The summed E-state index contributed by atoms with van der Waals surface area (Å²) in [5.74, 6) is -0.575. The number of alkyl halides is 3. The van der Waals surface area contributed by atoms with E-state index >= 15 is 0 Å². The summed E-state index contributed by atoms with van der Waals surface area (Å²) in [5, 5.41) is 5.75. The minimum absolute atomic E-state index is 0.0472. The van der Waals surface area contributed by atoms with Crippen molar-refractivity contribution >= 4 is 11.8 Å². The third-order valence-corrected chi connectivity index (χ3v) is 3.06. The van der Waals surface area contributed by atoms with Gasteiger partial charge in [0.15, 0.2) is 5.69 Å². The van der Waals surface area contributed by atoms with Crippen LogP contribution in [0.15, 0.2) is 24.4 Å². The monoisotopic (exact) mass is 359 g/mol. The molecular weight excluding hydrogens is 342 g/mol. The van der Waals surface area contributed by atoms with Crippen LogP contribution in [0.4, 0.5) is 28.0 Å². The standard InChI is InChI=1S/C16H17F4N3O2/c1-9-7-10(17)5-6-12(9)23-13(16(18,19)20)11(8-21-23)22-14(24)25-15(2,3)4/h5-8H,1-4H3,(H,22,24). The Morgan fingerprint density at radius 3 is 2.40 bits per heavy atom. The molecule has 1 amide bonds. The number of amides is 1. The summed E-state index contributed by atoms with van der Waals surface area (Å²) in [6, 6.07) is 3.31. The number of benzene rings is 1. The zero-order valence-electron chi connectivity index (χ0n) is 14.0. The number of aryl methyl sites for hydroxylation is 1. The molecule has 2 rings (SSSR count). The summed E-state index contributed by atoms with van der Waals surface area (Å²) >= 11 is 0. The topological polar surface area (TPSA) is 56.2 Å². The van der Waals surface area contributed by atoms with Crippen molar-refractivity contribution in [1.82, 2.24) is 9.78 Å². The van der Waals surface area contributed by atoms with Crippen LogP contribution < -0.4 is 5.32 Å². The Bertz CT molecular complexity index is 792. The van der Waals surface area contributed by atoms with Crippen LogP contribution in [0.3, 0.4) is 0 Å². The predicted octanol–water partition coefficient (Wildman–Crippen LogP) is 4.69. The molecular formula is C16H17F4N3O2. The summed E-state index contributed by atoms with van der Waals surface area (Å²) in [6.45, 7) is 6.22. The van der Waals surface area contributed by atoms with E-state index in [9.17, 15) is 22.4 Å². The minimum Gasteiger partial charge on any atom is -0.444 e. The predicted molar refractivity (Wildman–Crippen MR) is 83.1 cm³/mol. The van der Waals surface area contributed by atoms with E-state index in [0.717, 1.165) is 18.3 Å². The molecule has 0 atom stereocenters. The number of carbonyl (C=O) groups excluding carboxylic acids is 1. The lowest BCUT2D eigenvalue weighted by atomic mass is 10.2. The van der Waals surface area contributed by atoms with Crippen molar-refractivity contribution in [2.75, 3.05) is 5.32 Å². The quantitative estimate of drug-likeness (QED) is 0.792. The highest BCUT2D eigenvalue weighted by atomic mass is 19.4. The van der Waals surface area contributed by atoms with Crippen LogP contribution in [-0.4, -0.2) is 21.5 Å². The maximum atomic E-state index is 13.5. The first kappa shape index (κ1) is 18.8. The summed E-state index contributed by atoms with van der Waals surface area (Å²) in [6.07, 6.45) is -4.97. The molecule has 0 aliphatic rings. The Hall–Kier alpha value is -2.58. The van der Waals surface area contributed by atoms with Gasteiger partial charge < -0.3 is 4.74 Å². The molecule has 9 heteroatoms. The molecule has 5 nitrogen and oxygen atoms in total. The average molecular weight is 359 g/mol. The Kier molecular flexibility index (Phi) is 4.79. The van der Waals surface area contributed by atoms with Crippen molar-refractivity contribution in [1.29, 1.82) is 0 Å². The van der Waals surface area contributed by atoms with Gasteiger partial charge in [0.2, 0.25) is 0 Å². The molecule has 0 unspecified atom stereocenters. The van der Waals surface area contributed by atoms with Gasteiger partial charge in [-0.15, -0.1) is 0 Å². The minimum atomic E-state index is -4.80. The van der Waals surface area contributed by atoms with Gasteiger partial charge in [0.1, 0.15) is 11.4 Å². The molecule has 136 valence electrons. The lowest BCUT2D eigenvalue weighted by Gasteiger charge is -2.20. The lowest BCUT2D eigenvalue weighted by molar-refractivity contribution is -0.142. The Morgan fingerprint density at radius 2 is 1.88 bits per heavy atom. The van der Waals surface area contributed by atoms with E-state index in [-0.39, 0.29) is 11.3 Å². The van der Waals surface area contributed by atoms with Crippen molar-refractivity contribution in [3.8, 4) is 5.69 Å². The van der Waals surface area contributed by atoms with Crippen LogP contribution in [0, 0.1) is 12.7 Å². The number of hydrogen-bond acceptors (Lipinski definition) is 3. The average Bonchev–Trinajstić information content (AvgIpc) is 2.79. The van der Waals surface area contributed by atoms with E-state index in [2.05, 4.69) is 10.4 Å². The molecule has 0 bridgehead atoms. The first-order valence-corrected chi connectivity index (χ1v) is 7.30. The van der Waals surface area contributed by atoms with Crippen LogP contribution in [0.1, 0.15) is 32.0 Å². The van der Waals surface area contributed by atoms with Gasteiger partial charge >= 0.3 is 12.3 Å². The molecule has 25 heavy (non-hydrogen) atoms. The highest BCUT2D eigenvalue weighted by Gasteiger charge is 2.40. The van der Waals surface area contributed by atoms with Crippen LogP contribution in [-0.2, 0) is 10.9 Å². The Morgan fingerprint density at radius 1 is 1.24 bits per heavy atom. The van der Waals surface area contributed by atoms with Crippen LogP contribution in [0.5, 0.6) is 0 Å². The number of anilines is 1. The fourth-order valence-corrected chi connectivity index (χ4v) is 2.17. The van der Waals surface area contributed by atoms with E-state index in [4.69, 9.17) is 4.74 Å². The first-order valence-electron chi connectivity index (χ1n) is 7.30. The third-order valence-electron chi connectivity index (χ3n) is 3.06. The van der Waals surface area contributed by atoms with Gasteiger partial charge in [-0.25, -0.2) is 13.9 Å². The molecule has 1 aromatic carbocycles. The molecule has 1 aromatic heterocycles. The normalized spacial score (nSPS) is 12.2. The maximum Gasteiger partial charge on any atom is 0.435 e. The number of halogens is 4. The molecule has 0 aliphatic heterocycles. The second-order valence-electron chi connectivity index (χ2n) is 6.37. The number of ether oxygens (including phenoxy) is 1. The summed E-state index contributed by atoms with van der Waals surface area (Å²) in [4.78, 5) is 11.8. The van der Waals surface area contributed by atoms with Crippen LogP contribution in [0.2, 0.25) is 0 Å². The Balaban J connectivity index is 2.47. The molecule has 0 fully saturated rings. The second-order valence-corrected chi connectivity index (χ2v) is 6.37. The second kappa shape index (κ2) is 6.38. The van der Waals surface area contributed by atoms with Gasteiger partial charge in [0, 0.05) is 0 Å². The number of nitrogens with zero attached hydrogens (tertiary/aromatic N) is 2. The first-order chi connectivity index (χ1) is 11.4. The third kappa shape index (κ3) is 4.49. The van der Waals surface area contributed by atoms with E-state index in [1.807, 2.05) is 0 Å². The fraction of sp³-hybridized carbons (Fsp3) is 0.375. The fourth-order valence-electron chi connectivity index (χ4n) is 2.17. The van der Waals surface area contributed by atoms with Crippen molar-refractivity contribution in [2.24, 2.45) is 0 Å². The highest BCUT2D eigenvalue weighted by molar-refractivity contribution is 5.85. The van der Waals surface area contributed by atoms with Gasteiger partial charge in [-0.1, -0.05) is 0 Å². The zero-order chi connectivity index (χ0) is 19.0. The molecule has 1 heterocycles. The van der Waals surface area contributed by atoms with Gasteiger partial charge in [-0.05, 0) is 51.5 Å². The van der Waals surface area contributed by atoms with E-state index in [1.165, 1.54) is 13.0 Å². The van der Waals surface area contributed by atoms with E-state index in [0.29, 0.717) is 4.68 Å². The van der Waals surface area contributed by atoms with Crippen LogP contribution >= 0.6 is 0 Å². The Labute approximate surface area is 141 Å². The van der Waals surface area contributed by atoms with Crippen molar-refractivity contribution < 1.29 is 27.1 Å². The van der Waals surface area contributed by atoms with Gasteiger partial charge in [-0.3, -0.25) is 5.32 Å². The largest absolute Gasteiger partial charge is 0.444 e. The molecule has 0 spiro atoms. The van der Waals surface area contributed by atoms with Gasteiger partial charge in [0.25, 0.3) is 0 Å². The molecule has 2 aromatic rings. The van der Waals surface area contributed by atoms with Gasteiger partial charge in [0.05, 0.1) is 17.6 Å². The maximum absolute atomic E-state index is 13.5. The van der Waals surface area contributed by atoms with Crippen molar-refractivity contribution in [2.45, 2.75) is 39.5 Å². The van der Waals surface area contributed by atoms with Gasteiger partial charge in [-0.2, -0.15) is 18.3 Å². The number of aromatic nitrogens is 2. The molecule has 1 N–H and O–H groups in total. The van der Waals surface area contributed by atoms with E-state index in [1.54, 1.807) is 20.8 Å². The van der Waals surface area contributed by atoms with E-state index < -0.39 is 35.1 Å². The molecule has 0 radical (unpaired) electrons. The molecule has 0 saturated heterocycles. The van der Waals surface area contributed by atoms with Crippen molar-refractivity contribution in [3.63, 3.8) is 0 Å². The smallest absolute Gasteiger partial charge is 0.435 e. The number of rotatable bonds is 2. The summed E-state index contributed by atoms with van der Waals surface area (Å²) < 4.78 is 59.3. The number of hydrogen-bond donors (Lipinski definition) is 1.